The van der Waals surface area contributed by atoms with Crippen molar-refractivity contribution in [3.8, 4) is 0 Å². The number of carbonyl (C=O) groups is 4. The first-order valence-electron chi connectivity index (χ1n) is 15.4. The number of hydrogen-bond acceptors (Lipinski definition) is 4. The summed E-state index contributed by atoms with van der Waals surface area (Å²) < 4.78 is 0. The first-order valence-corrected chi connectivity index (χ1v) is 16.1. The maximum absolute atomic E-state index is 15.9. The number of halogens is 2. The Bertz CT molecular complexity index is 2050. The van der Waals surface area contributed by atoms with Crippen LogP contribution in [0.4, 0.5) is 5.69 Å². The number of hydrogen-bond donors (Lipinski definition) is 1. The molecule has 6 nitrogen and oxygen atoms in total. The largest absolute Gasteiger partial charge is 0.478 e. The number of Topliss-reactive ketones (excluding diaryl/α,β-unsaturated/α-hetero) is 1. The van der Waals surface area contributed by atoms with E-state index >= 15 is 14.4 Å². The van der Waals surface area contributed by atoms with Crippen molar-refractivity contribution in [2.75, 3.05) is 4.90 Å². The van der Waals surface area contributed by atoms with E-state index in [4.69, 9.17) is 23.2 Å². The molecule has 8 heteroatoms. The van der Waals surface area contributed by atoms with Crippen molar-refractivity contribution in [3.05, 3.63) is 171 Å². The van der Waals surface area contributed by atoms with Crippen LogP contribution in [0.1, 0.15) is 32.6 Å². The second-order valence-corrected chi connectivity index (χ2v) is 13.1. The summed E-state index contributed by atoms with van der Waals surface area (Å²) in [7, 11) is 0. The zero-order chi connectivity index (χ0) is 33.4. The lowest BCUT2D eigenvalue weighted by atomic mass is 9.59. The van der Waals surface area contributed by atoms with Gasteiger partial charge in [-0.25, -0.2) is 9.69 Å². The molecule has 2 fully saturated rings. The van der Waals surface area contributed by atoms with Gasteiger partial charge in [-0.2, -0.15) is 0 Å². The van der Waals surface area contributed by atoms with Crippen molar-refractivity contribution in [3.63, 3.8) is 0 Å². The second-order valence-electron chi connectivity index (χ2n) is 12.3. The number of imide groups is 1. The highest BCUT2D eigenvalue weighted by molar-refractivity contribution is 6.39. The van der Waals surface area contributed by atoms with E-state index in [0.717, 1.165) is 16.0 Å². The molecule has 1 aliphatic heterocycles. The van der Waals surface area contributed by atoms with Gasteiger partial charge in [0.15, 0.2) is 5.78 Å². The normalized spacial score (nSPS) is 24.4. The van der Waals surface area contributed by atoms with Gasteiger partial charge < -0.3 is 5.11 Å². The summed E-state index contributed by atoms with van der Waals surface area (Å²) in [6.45, 7) is 0. The van der Waals surface area contributed by atoms with Gasteiger partial charge in [-0.15, -0.1) is 0 Å². The van der Waals surface area contributed by atoms with Crippen molar-refractivity contribution in [2.24, 2.45) is 11.8 Å². The van der Waals surface area contributed by atoms with Crippen LogP contribution in [0.2, 0.25) is 10.0 Å². The number of amides is 2. The fourth-order valence-electron chi connectivity index (χ4n) is 8.36. The molecule has 1 heterocycles. The summed E-state index contributed by atoms with van der Waals surface area (Å²) in [5, 5.41) is 10.4. The number of anilines is 1. The molecule has 3 aliphatic rings. The number of ketones is 1. The van der Waals surface area contributed by atoms with E-state index in [0.29, 0.717) is 32.3 Å². The Kier molecular flexibility index (Phi) is 6.81. The molecule has 4 atom stereocenters. The second kappa shape index (κ2) is 10.9. The Balaban J connectivity index is 1.52. The Morgan fingerprint density at radius 2 is 0.958 bits per heavy atom. The zero-order valence-electron chi connectivity index (χ0n) is 25.1. The van der Waals surface area contributed by atoms with Crippen LogP contribution in [-0.4, -0.2) is 28.7 Å². The van der Waals surface area contributed by atoms with Gasteiger partial charge in [0.1, 0.15) is 0 Å². The Labute approximate surface area is 285 Å². The molecule has 2 bridgehead atoms. The van der Waals surface area contributed by atoms with Gasteiger partial charge in [0.2, 0.25) is 11.8 Å². The lowest BCUT2D eigenvalue weighted by Gasteiger charge is -2.39. The monoisotopic (exact) mass is 669 g/mol. The summed E-state index contributed by atoms with van der Waals surface area (Å²) in [6, 6.07) is 38.6. The molecule has 1 N–H and O–H groups in total. The minimum atomic E-state index is -1.59. The maximum atomic E-state index is 15.9. The number of carbonyl (C=O) groups excluding carboxylic acids is 3. The number of carboxylic acid groups (broad SMARTS) is 1. The molecule has 5 aromatic rings. The summed E-state index contributed by atoms with van der Waals surface area (Å²) in [5.74, 6) is -4.73. The summed E-state index contributed by atoms with van der Waals surface area (Å²) in [5.41, 5.74) is 0.974. The smallest absolute Gasteiger partial charge is 0.335 e. The molecule has 0 unspecified atom stereocenters. The van der Waals surface area contributed by atoms with E-state index in [1.807, 2.05) is 60.7 Å². The van der Waals surface area contributed by atoms with Crippen molar-refractivity contribution < 1.29 is 24.3 Å². The third kappa shape index (κ3) is 3.87. The average molecular weight is 671 g/mol. The van der Waals surface area contributed by atoms with Gasteiger partial charge in [-0.3, -0.25) is 14.4 Å². The van der Waals surface area contributed by atoms with Crippen LogP contribution in [-0.2, 0) is 25.2 Å². The molecule has 0 aromatic heterocycles. The van der Waals surface area contributed by atoms with Crippen molar-refractivity contribution in [1.29, 1.82) is 0 Å². The molecule has 2 aliphatic carbocycles. The van der Waals surface area contributed by atoms with E-state index < -0.39 is 40.4 Å². The molecule has 48 heavy (non-hydrogen) atoms. The van der Waals surface area contributed by atoms with Gasteiger partial charge in [0.05, 0.1) is 33.9 Å². The number of allylic oxidation sites excluding steroid dienone is 2. The molecule has 0 spiro atoms. The SMILES string of the molecule is O=C(O)c1ccc(N2C(=O)[C@@H]3[C@@H](C2=O)[C@@]2(c4ccc(Cl)cc4)C(=O)[C@@]3(c3ccc(Cl)cc3)C(c3ccccc3)=C2c2ccccc2)cc1. The van der Waals surface area contributed by atoms with Gasteiger partial charge in [0, 0.05) is 10.0 Å². The average Bonchev–Trinajstić information content (AvgIpc) is 3.61. The van der Waals surface area contributed by atoms with Crippen LogP contribution in [0.3, 0.4) is 0 Å². The lowest BCUT2D eigenvalue weighted by molar-refractivity contribution is -0.130. The highest BCUT2D eigenvalue weighted by atomic mass is 35.5. The maximum Gasteiger partial charge on any atom is 0.335 e. The Hall–Kier alpha value is -5.30. The third-order valence-corrected chi connectivity index (χ3v) is 10.6. The predicted octanol–water partition coefficient (Wildman–Crippen LogP) is 7.88. The van der Waals surface area contributed by atoms with Gasteiger partial charge in [0.25, 0.3) is 0 Å². The minimum absolute atomic E-state index is 0.0166. The molecular weight excluding hydrogens is 645 g/mol. The number of nitrogens with zero attached hydrogens (tertiary/aromatic N) is 1. The van der Waals surface area contributed by atoms with E-state index in [-0.39, 0.29) is 17.0 Å². The quantitative estimate of drug-likeness (QED) is 0.186. The molecule has 0 radical (unpaired) electrons. The van der Waals surface area contributed by atoms with Crippen molar-refractivity contribution >= 4 is 63.6 Å². The summed E-state index contributed by atoms with van der Waals surface area (Å²) in [6.07, 6.45) is 0. The molecule has 1 saturated heterocycles. The molecule has 8 rings (SSSR count). The van der Waals surface area contributed by atoms with Crippen LogP contribution < -0.4 is 4.90 Å². The van der Waals surface area contributed by atoms with Crippen molar-refractivity contribution in [2.45, 2.75) is 10.8 Å². The lowest BCUT2D eigenvalue weighted by Crippen LogP contribution is -2.45. The van der Waals surface area contributed by atoms with E-state index in [9.17, 15) is 9.90 Å². The Morgan fingerprint density at radius 1 is 0.562 bits per heavy atom. The first kappa shape index (κ1) is 30.1. The zero-order valence-corrected chi connectivity index (χ0v) is 26.7. The summed E-state index contributed by atoms with van der Waals surface area (Å²) >= 11 is 12.8. The van der Waals surface area contributed by atoms with Crippen LogP contribution in [0, 0.1) is 11.8 Å². The third-order valence-electron chi connectivity index (χ3n) is 10.1. The fraction of sp³-hybridized carbons (Fsp3) is 0.100. The van der Waals surface area contributed by atoms with Crippen LogP contribution in [0.25, 0.3) is 11.1 Å². The highest BCUT2D eigenvalue weighted by Crippen LogP contribution is 2.74. The molecule has 2 amide bonds. The number of rotatable bonds is 6. The van der Waals surface area contributed by atoms with E-state index in [1.54, 1.807) is 48.5 Å². The minimum Gasteiger partial charge on any atom is -0.478 e. The highest BCUT2D eigenvalue weighted by Gasteiger charge is 2.82. The molecule has 234 valence electrons. The number of carboxylic acids is 1. The van der Waals surface area contributed by atoms with E-state index in [1.165, 1.54) is 24.3 Å². The Morgan fingerprint density at radius 3 is 1.33 bits per heavy atom. The topological polar surface area (TPSA) is 91.8 Å². The van der Waals surface area contributed by atoms with Gasteiger partial charge in [-0.1, -0.05) is 108 Å². The van der Waals surface area contributed by atoms with Gasteiger partial charge in [-0.05, 0) is 81.9 Å². The van der Waals surface area contributed by atoms with Crippen LogP contribution in [0.15, 0.2) is 133 Å². The predicted molar refractivity (Wildman–Crippen MR) is 184 cm³/mol. The van der Waals surface area contributed by atoms with Crippen molar-refractivity contribution in [1.82, 2.24) is 0 Å². The molecular formula is C40H25Cl2NO5. The fourth-order valence-corrected chi connectivity index (χ4v) is 8.62. The number of aromatic carboxylic acids is 1. The summed E-state index contributed by atoms with van der Waals surface area (Å²) in [4.78, 5) is 58.7. The number of fused-ring (bicyclic) bond motifs is 5. The molecule has 1 saturated carbocycles. The van der Waals surface area contributed by atoms with Crippen LogP contribution in [0.5, 0.6) is 0 Å². The number of benzene rings is 5. The standard InChI is InChI=1S/C40H25Cl2NO5/c41-28-17-13-26(14-18-28)39-31(23-7-3-1-4-8-23)32(24-9-5-2-6-10-24)40(38(39)48,27-15-19-29(42)20-16-27)34-33(39)35(44)43(36(34)45)30-21-11-25(12-22-30)37(46)47/h1-22,33-34H,(H,46,47)/t33-,34-,39-,40-/m0/s1. The van der Waals surface area contributed by atoms with Crippen LogP contribution >= 0.6 is 23.2 Å². The molecule has 5 aromatic carbocycles. The first-order chi connectivity index (χ1) is 23.2. The van der Waals surface area contributed by atoms with E-state index in [2.05, 4.69) is 0 Å². The van der Waals surface area contributed by atoms with Gasteiger partial charge >= 0.3 is 5.97 Å².